The SMILES string of the molecule is O=c1c2c(-c3ccccc3)csc2ncn1/N=C/c1ccc(F)cc1F. The van der Waals surface area contributed by atoms with Crippen molar-refractivity contribution < 1.29 is 8.78 Å². The second-order valence-corrected chi connectivity index (χ2v) is 6.36. The highest BCUT2D eigenvalue weighted by Gasteiger charge is 2.13. The summed E-state index contributed by atoms with van der Waals surface area (Å²) < 4.78 is 27.7. The van der Waals surface area contributed by atoms with Gasteiger partial charge in [-0.15, -0.1) is 11.3 Å². The van der Waals surface area contributed by atoms with E-state index in [9.17, 15) is 13.6 Å². The van der Waals surface area contributed by atoms with Gasteiger partial charge in [0.1, 0.15) is 22.8 Å². The number of rotatable bonds is 3. The van der Waals surface area contributed by atoms with E-state index in [0.717, 1.165) is 34.2 Å². The molecule has 2 heterocycles. The Balaban J connectivity index is 1.81. The lowest BCUT2D eigenvalue weighted by Crippen LogP contribution is -2.16. The minimum atomic E-state index is -0.753. The van der Waals surface area contributed by atoms with Crippen LogP contribution >= 0.6 is 11.3 Å². The smallest absolute Gasteiger partial charge is 0.267 e. The van der Waals surface area contributed by atoms with Crippen molar-refractivity contribution in [1.29, 1.82) is 0 Å². The fraction of sp³-hybridized carbons (Fsp3) is 0. The normalized spacial score (nSPS) is 11.5. The van der Waals surface area contributed by atoms with Crippen molar-refractivity contribution in [2.75, 3.05) is 0 Å². The van der Waals surface area contributed by atoms with Gasteiger partial charge in [-0.3, -0.25) is 4.79 Å². The molecule has 7 heteroatoms. The number of thiophene rings is 1. The maximum absolute atomic E-state index is 13.7. The van der Waals surface area contributed by atoms with Gasteiger partial charge in [0.25, 0.3) is 5.56 Å². The summed E-state index contributed by atoms with van der Waals surface area (Å²) in [6.45, 7) is 0. The molecule has 2 aromatic heterocycles. The molecular formula is C19H11F2N3OS. The topological polar surface area (TPSA) is 47.2 Å². The van der Waals surface area contributed by atoms with Crippen molar-refractivity contribution in [3.63, 3.8) is 0 Å². The fourth-order valence-corrected chi connectivity index (χ4v) is 3.47. The second-order valence-electron chi connectivity index (χ2n) is 5.50. The minimum Gasteiger partial charge on any atom is -0.267 e. The number of aromatic nitrogens is 2. The molecule has 4 aromatic rings. The summed E-state index contributed by atoms with van der Waals surface area (Å²) in [7, 11) is 0. The molecule has 0 fully saturated rings. The first-order valence-corrected chi connectivity index (χ1v) is 8.55. The molecule has 0 bridgehead atoms. The third-order valence-electron chi connectivity index (χ3n) is 3.85. The molecule has 0 aliphatic rings. The monoisotopic (exact) mass is 367 g/mol. The Hall–Kier alpha value is -3.19. The van der Waals surface area contributed by atoms with Crippen molar-refractivity contribution >= 4 is 27.8 Å². The van der Waals surface area contributed by atoms with Crippen LogP contribution < -0.4 is 5.56 Å². The second kappa shape index (κ2) is 6.61. The maximum atomic E-state index is 13.7. The maximum Gasteiger partial charge on any atom is 0.283 e. The summed E-state index contributed by atoms with van der Waals surface area (Å²) in [6, 6.07) is 12.7. The first kappa shape index (κ1) is 16.3. The standard InChI is InChI=1S/C19H11F2N3OS/c20-14-7-6-13(16(21)8-14)9-23-24-11-22-18-17(19(24)25)15(10-26-18)12-4-2-1-3-5-12/h1-11H/b23-9+. The highest BCUT2D eigenvalue weighted by molar-refractivity contribution is 7.17. The Bertz CT molecular complexity index is 1180. The van der Waals surface area contributed by atoms with Crippen molar-refractivity contribution in [1.82, 2.24) is 9.66 Å². The first-order valence-electron chi connectivity index (χ1n) is 7.67. The lowest BCUT2D eigenvalue weighted by atomic mass is 10.1. The molecule has 2 aromatic carbocycles. The third-order valence-corrected chi connectivity index (χ3v) is 4.73. The van der Waals surface area contributed by atoms with Gasteiger partial charge in [-0.2, -0.15) is 9.78 Å². The Morgan fingerprint density at radius 2 is 1.92 bits per heavy atom. The van der Waals surface area contributed by atoms with Gasteiger partial charge in [-0.25, -0.2) is 13.8 Å². The van der Waals surface area contributed by atoms with E-state index in [1.807, 2.05) is 35.7 Å². The molecule has 0 aliphatic carbocycles. The molecule has 4 nitrogen and oxygen atoms in total. The zero-order chi connectivity index (χ0) is 18.1. The highest BCUT2D eigenvalue weighted by Crippen LogP contribution is 2.30. The van der Waals surface area contributed by atoms with Crippen LogP contribution in [0.4, 0.5) is 8.78 Å². The number of hydrogen-bond acceptors (Lipinski definition) is 4. The summed E-state index contributed by atoms with van der Waals surface area (Å²) in [5, 5.41) is 6.33. The van der Waals surface area contributed by atoms with Crippen LogP contribution in [-0.4, -0.2) is 15.9 Å². The van der Waals surface area contributed by atoms with Gasteiger partial charge in [0.05, 0.1) is 11.6 Å². The quantitative estimate of drug-likeness (QED) is 0.507. The lowest BCUT2D eigenvalue weighted by Gasteiger charge is -2.01. The van der Waals surface area contributed by atoms with E-state index in [-0.39, 0.29) is 11.1 Å². The summed E-state index contributed by atoms with van der Waals surface area (Å²) >= 11 is 1.37. The Labute approximate surface area is 150 Å². The van der Waals surface area contributed by atoms with Crippen molar-refractivity contribution in [2.24, 2.45) is 5.10 Å². The van der Waals surface area contributed by atoms with Crippen LogP contribution in [0.1, 0.15) is 5.56 Å². The molecule has 4 rings (SSSR count). The molecule has 0 amide bonds. The molecule has 0 radical (unpaired) electrons. The predicted octanol–water partition coefficient (Wildman–Crippen LogP) is 4.29. The number of nitrogens with zero attached hydrogens (tertiary/aromatic N) is 3. The van der Waals surface area contributed by atoms with Gasteiger partial charge in [-0.1, -0.05) is 30.3 Å². The molecule has 0 spiro atoms. The van der Waals surface area contributed by atoms with E-state index in [1.165, 1.54) is 23.7 Å². The van der Waals surface area contributed by atoms with Crippen LogP contribution in [0.25, 0.3) is 21.3 Å². The zero-order valence-electron chi connectivity index (χ0n) is 13.3. The molecule has 0 aliphatic heterocycles. The van der Waals surface area contributed by atoms with E-state index < -0.39 is 11.6 Å². The molecule has 0 saturated heterocycles. The van der Waals surface area contributed by atoms with Gasteiger partial charge in [0.15, 0.2) is 0 Å². The van der Waals surface area contributed by atoms with Gasteiger partial charge in [-0.05, 0) is 17.7 Å². The predicted molar refractivity (Wildman–Crippen MR) is 98.7 cm³/mol. The Morgan fingerprint density at radius 3 is 2.69 bits per heavy atom. The Kier molecular flexibility index (Phi) is 4.14. The number of hydrogen-bond donors (Lipinski definition) is 0. The molecule has 0 saturated carbocycles. The number of halogens is 2. The molecule has 128 valence electrons. The van der Waals surface area contributed by atoms with Crippen LogP contribution in [-0.2, 0) is 0 Å². The van der Waals surface area contributed by atoms with Crippen LogP contribution in [0, 0.1) is 11.6 Å². The molecule has 0 N–H and O–H groups in total. The van der Waals surface area contributed by atoms with Gasteiger partial charge < -0.3 is 0 Å². The highest BCUT2D eigenvalue weighted by atomic mass is 32.1. The third kappa shape index (κ3) is 2.93. The van der Waals surface area contributed by atoms with Crippen LogP contribution in [0.15, 0.2) is 70.1 Å². The van der Waals surface area contributed by atoms with E-state index in [0.29, 0.717) is 10.2 Å². The van der Waals surface area contributed by atoms with Crippen molar-refractivity contribution in [2.45, 2.75) is 0 Å². The van der Waals surface area contributed by atoms with Crippen LogP contribution in [0.2, 0.25) is 0 Å². The van der Waals surface area contributed by atoms with Crippen LogP contribution in [0.3, 0.4) is 0 Å². The average molecular weight is 367 g/mol. The molecule has 0 atom stereocenters. The number of benzene rings is 2. The number of fused-ring (bicyclic) bond motifs is 1. The van der Waals surface area contributed by atoms with E-state index in [4.69, 9.17) is 0 Å². The minimum absolute atomic E-state index is 0.0759. The van der Waals surface area contributed by atoms with Gasteiger partial charge >= 0.3 is 0 Å². The summed E-state index contributed by atoms with van der Waals surface area (Å²) in [4.78, 5) is 17.7. The van der Waals surface area contributed by atoms with Crippen LogP contribution in [0.5, 0.6) is 0 Å². The molecular weight excluding hydrogens is 356 g/mol. The van der Waals surface area contributed by atoms with E-state index in [2.05, 4.69) is 10.1 Å². The van der Waals surface area contributed by atoms with Gasteiger partial charge in [0.2, 0.25) is 0 Å². The Morgan fingerprint density at radius 1 is 1.12 bits per heavy atom. The summed E-state index contributed by atoms with van der Waals surface area (Å²) in [6.07, 6.45) is 2.45. The zero-order valence-corrected chi connectivity index (χ0v) is 14.1. The molecule has 26 heavy (non-hydrogen) atoms. The van der Waals surface area contributed by atoms with Crippen molar-refractivity contribution in [3.8, 4) is 11.1 Å². The fourth-order valence-electron chi connectivity index (χ4n) is 2.57. The average Bonchev–Trinajstić information content (AvgIpc) is 3.08. The lowest BCUT2D eigenvalue weighted by molar-refractivity contribution is 0.582. The first-order chi connectivity index (χ1) is 12.6. The largest absolute Gasteiger partial charge is 0.283 e. The van der Waals surface area contributed by atoms with Crippen molar-refractivity contribution in [3.05, 3.63) is 87.8 Å². The summed E-state index contributed by atoms with van der Waals surface area (Å²) in [5.41, 5.74) is 1.41. The van der Waals surface area contributed by atoms with E-state index >= 15 is 0 Å². The molecule has 0 unspecified atom stereocenters. The summed E-state index contributed by atoms with van der Waals surface area (Å²) in [5.74, 6) is -1.43. The van der Waals surface area contributed by atoms with E-state index in [1.54, 1.807) is 0 Å². The van der Waals surface area contributed by atoms with Gasteiger partial charge in [0, 0.05) is 22.6 Å².